The van der Waals surface area contributed by atoms with E-state index in [1.165, 1.54) is 5.56 Å². The number of nitrogens with one attached hydrogen (secondary N) is 3. The van der Waals surface area contributed by atoms with E-state index in [0.717, 1.165) is 30.0 Å². The molecular formula is C25H26N4O4. The van der Waals surface area contributed by atoms with Crippen LogP contribution < -0.4 is 16.0 Å². The lowest BCUT2D eigenvalue weighted by Gasteiger charge is -2.27. The zero-order valence-electron chi connectivity index (χ0n) is 18.2. The molecular weight excluding hydrogens is 420 g/mol. The lowest BCUT2D eigenvalue weighted by Crippen LogP contribution is -2.54. The number of nitrogens with zero attached hydrogens (tertiary/aromatic N) is 1. The Morgan fingerprint density at radius 1 is 0.909 bits per heavy atom. The van der Waals surface area contributed by atoms with Crippen LogP contribution in [-0.4, -0.2) is 53.7 Å². The van der Waals surface area contributed by atoms with Crippen LogP contribution >= 0.6 is 0 Å². The highest BCUT2D eigenvalue weighted by atomic mass is 16.2. The first-order chi connectivity index (χ1) is 16.0. The molecule has 2 aromatic rings. The number of hydrogen-bond acceptors (Lipinski definition) is 6. The Labute approximate surface area is 191 Å². The van der Waals surface area contributed by atoms with Crippen molar-refractivity contribution in [2.75, 3.05) is 13.1 Å². The second-order valence-electron chi connectivity index (χ2n) is 8.92. The molecule has 0 spiro atoms. The smallest absolute Gasteiger partial charge is 0.262 e. The maximum absolute atomic E-state index is 13.0. The maximum Gasteiger partial charge on any atom is 0.262 e. The number of piperidine rings is 1. The van der Waals surface area contributed by atoms with Crippen molar-refractivity contribution in [1.29, 1.82) is 0 Å². The summed E-state index contributed by atoms with van der Waals surface area (Å²) in [5.74, 6) is -1.47. The van der Waals surface area contributed by atoms with Crippen molar-refractivity contribution < 1.29 is 19.2 Å². The average Bonchev–Trinajstić information content (AvgIpc) is 3.35. The van der Waals surface area contributed by atoms with Crippen molar-refractivity contribution in [3.8, 4) is 0 Å². The summed E-state index contributed by atoms with van der Waals surface area (Å²) in [6.07, 6.45) is 1.25. The van der Waals surface area contributed by atoms with Gasteiger partial charge in [-0.25, -0.2) is 0 Å². The summed E-state index contributed by atoms with van der Waals surface area (Å²) in [6, 6.07) is 15.0. The number of hydrogen-bond donors (Lipinski definition) is 3. The SMILES string of the molecule is O=C1CCC(N2C(=O)c3ccc(CN[C@@H]4CNC[C@@H]4Cc4ccccc4)cc3C2=O)C(=O)N1. The minimum absolute atomic E-state index is 0.110. The summed E-state index contributed by atoms with van der Waals surface area (Å²) in [7, 11) is 0. The van der Waals surface area contributed by atoms with Gasteiger partial charge in [0, 0.05) is 25.6 Å². The monoisotopic (exact) mass is 446 g/mol. The molecule has 2 fully saturated rings. The molecule has 4 amide bonds. The molecule has 3 aliphatic rings. The third-order valence-electron chi connectivity index (χ3n) is 6.75. The van der Waals surface area contributed by atoms with Crippen molar-refractivity contribution in [3.05, 3.63) is 70.8 Å². The van der Waals surface area contributed by atoms with Crippen LogP contribution in [0.5, 0.6) is 0 Å². The fourth-order valence-corrected chi connectivity index (χ4v) is 4.98. The van der Waals surface area contributed by atoms with E-state index in [-0.39, 0.29) is 18.7 Å². The van der Waals surface area contributed by atoms with E-state index < -0.39 is 23.8 Å². The molecule has 0 bridgehead atoms. The first-order valence-corrected chi connectivity index (χ1v) is 11.3. The Morgan fingerprint density at radius 2 is 1.70 bits per heavy atom. The summed E-state index contributed by atoms with van der Waals surface area (Å²) in [4.78, 5) is 50.5. The molecule has 1 unspecified atom stereocenters. The summed E-state index contributed by atoms with van der Waals surface area (Å²) >= 11 is 0. The normalized spacial score (nSPS) is 24.8. The van der Waals surface area contributed by atoms with Crippen molar-refractivity contribution in [2.24, 2.45) is 5.92 Å². The largest absolute Gasteiger partial charge is 0.315 e. The lowest BCUT2D eigenvalue weighted by molar-refractivity contribution is -0.136. The molecule has 3 N–H and O–H groups in total. The third-order valence-corrected chi connectivity index (χ3v) is 6.75. The van der Waals surface area contributed by atoms with Crippen LogP contribution in [0.25, 0.3) is 0 Å². The number of rotatable bonds is 6. The molecule has 170 valence electrons. The highest BCUT2D eigenvalue weighted by molar-refractivity contribution is 6.23. The summed E-state index contributed by atoms with van der Waals surface area (Å²) in [5, 5.41) is 9.27. The minimum atomic E-state index is -0.944. The number of benzene rings is 2. The van der Waals surface area contributed by atoms with Gasteiger partial charge in [0.1, 0.15) is 6.04 Å². The van der Waals surface area contributed by atoms with Crippen molar-refractivity contribution in [2.45, 2.75) is 37.9 Å². The fourth-order valence-electron chi connectivity index (χ4n) is 4.98. The highest BCUT2D eigenvalue weighted by Crippen LogP contribution is 2.28. The minimum Gasteiger partial charge on any atom is -0.315 e. The van der Waals surface area contributed by atoms with Gasteiger partial charge in [-0.1, -0.05) is 36.4 Å². The van der Waals surface area contributed by atoms with E-state index in [1.54, 1.807) is 12.1 Å². The molecule has 2 saturated heterocycles. The second-order valence-corrected chi connectivity index (χ2v) is 8.92. The third kappa shape index (κ3) is 4.19. The second kappa shape index (κ2) is 8.88. The van der Waals surface area contributed by atoms with E-state index >= 15 is 0 Å². The quantitative estimate of drug-likeness (QED) is 0.572. The van der Waals surface area contributed by atoms with Crippen LogP contribution in [0.15, 0.2) is 48.5 Å². The van der Waals surface area contributed by atoms with Crippen LogP contribution in [0, 0.1) is 5.92 Å². The van der Waals surface area contributed by atoms with E-state index in [9.17, 15) is 19.2 Å². The summed E-state index contributed by atoms with van der Waals surface area (Å²) in [5.41, 5.74) is 2.84. The zero-order valence-corrected chi connectivity index (χ0v) is 18.2. The molecule has 0 saturated carbocycles. The van der Waals surface area contributed by atoms with Gasteiger partial charge >= 0.3 is 0 Å². The average molecular weight is 447 g/mol. The zero-order chi connectivity index (χ0) is 22.9. The van der Waals surface area contributed by atoms with Crippen LogP contribution in [0.1, 0.15) is 44.7 Å². The Balaban J connectivity index is 1.26. The molecule has 0 aromatic heterocycles. The van der Waals surface area contributed by atoms with Crippen LogP contribution in [-0.2, 0) is 22.6 Å². The van der Waals surface area contributed by atoms with E-state index in [1.807, 2.05) is 12.1 Å². The predicted molar refractivity (Wildman–Crippen MR) is 120 cm³/mol. The van der Waals surface area contributed by atoms with E-state index in [4.69, 9.17) is 0 Å². The molecule has 3 aliphatic heterocycles. The standard InChI is InChI=1S/C25H26N4O4/c30-22-9-8-21(23(31)28-22)29-24(32)18-7-6-16(11-19(18)25(29)33)12-27-20-14-26-13-17(20)10-15-4-2-1-3-5-15/h1-7,11,17,20-21,26-27H,8-10,12-14H2,(H,28,30,31)/t17-,20+,21?/m0/s1. The number of imide groups is 2. The Morgan fingerprint density at radius 3 is 2.48 bits per heavy atom. The van der Waals surface area contributed by atoms with Crippen LogP contribution in [0.4, 0.5) is 0 Å². The number of fused-ring (bicyclic) bond motifs is 1. The van der Waals surface area contributed by atoms with Gasteiger partial charge in [0.05, 0.1) is 11.1 Å². The first-order valence-electron chi connectivity index (χ1n) is 11.3. The molecule has 0 radical (unpaired) electrons. The van der Waals surface area contributed by atoms with Crippen molar-refractivity contribution in [1.82, 2.24) is 20.9 Å². The number of amides is 4. The van der Waals surface area contributed by atoms with Gasteiger partial charge in [-0.2, -0.15) is 0 Å². The van der Waals surface area contributed by atoms with Gasteiger partial charge in [-0.3, -0.25) is 29.4 Å². The summed E-state index contributed by atoms with van der Waals surface area (Å²) < 4.78 is 0. The maximum atomic E-state index is 13.0. The molecule has 2 aromatic carbocycles. The molecule has 8 nitrogen and oxygen atoms in total. The van der Waals surface area contributed by atoms with Gasteiger partial charge in [0.15, 0.2) is 0 Å². The van der Waals surface area contributed by atoms with Gasteiger partial charge in [0.2, 0.25) is 11.8 Å². The summed E-state index contributed by atoms with van der Waals surface area (Å²) in [6.45, 7) is 2.40. The number of carbonyl (C=O) groups is 4. The topological polar surface area (TPSA) is 108 Å². The van der Waals surface area contributed by atoms with Crippen molar-refractivity contribution >= 4 is 23.6 Å². The van der Waals surface area contributed by atoms with E-state index in [0.29, 0.717) is 29.6 Å². The number of carbonyl (C=O) groups excluding carboxylic acids is 4. The van der Waals surface area contributed by atoms with Crippen molar-refractivity contribution in [3.63, 3.8) is 0 Å². The van der Waals surface area contributed by atoms with Gasteiger partial charge in [-0.15, -0.1) is 0 Å². The molecule has 0 aliphatic carbocycles. The fraction of sp³-hybridized carbons (Fsp3) is 0.360. The predicted octanol–water partition coefficient (Wildman–Crippen LogP) is 1.01. The van der Waals surface area contributed by atoms with Crippen LogP contribution in [0.2, 0.25) is 0 Å². The highest BCUT2D eigenvalue weighted by Gasteiger charge is 2.44. The van der Waals surface area contributed by atoms with Gasteiger partial charge < -0.3 is 10.6 Å². The molecule has 3 atom stereocenters. The Hall–Kier alpha value is -3.36. The lowest BCUT2D eigenvalue weighted by atomic mass is 9.94. The van der Waals surface area contributed by atoms with Gasteiger partial charge in [0.25, 0.3) is 11.8 Å². The first kappa shape index (κ1) is 21.5. The molecule has 8 heteroatoms. The molecule has 33 heavy (non-hydrogen) atoms. The van der Waals surface area contributed by atoms with Crippen LogP contribution in [0.3, 0.4) is 0 Å². The van der Waals surface area contributed by atoms with E-state index in [2.05, 4.69) is 40.2 Å². The van der Waals surface area contributed by atoms with Gasteiger partial charge in [-0.05, 0) is 48.6 Å². The Kier molecular flexibility index (Phi) is 5.78. The molecule has 3 heterocycles. The Bertz CT molecular complexity index is 1120. The molecule has 5 rings (SSSR count).